The van der Waals surface area contributed by atoms with Crippen molar-refractivity contribution < 1.29 is 19.1 Å². The molecule has 1 aromatic heterocycles. The molecule has 30 heavy (non-hydrogen) atoms. The number of anilines is 1. The molecule has 1 N–H and O–H groups in total. The number of carbonyl (C=O) groups excluding carboxylic acids is 2. The molecule has 2 aliphatic rings. The average molecular weight is 423 g/mol. The molecular weight excluding hydrogens is 402 g/mol. The third-order valence-corrected chi connectivity index (χ3v) is 6.43. The Morgan fingerprint density at radius 1 is 1.20 bits per heavy atom. The fourth-order valence-corrected chi connectivity index (χ4v) is 5.01. The van der Waals surface area contributed by atoms with Crippen LogP contribution in [0.15, 0.2) is 36.4 Å². The third kappa shape index (κ3) is 3.47. The summed E-state index contributed by atoms with van der Waals surface area (Å²) in [6, 6.07) is 11.5. The first-order chi connectivity index (χ1) is 14.6. The van der Waals surface area contributed by atoms with Crippen molar-refractivity contribution in [3.05, 3.63) is 47.5 Å². The summed E-state index contributed by atoms with van der Waals surface area (Å²) in [5.41, 5.74) is 2.99. The first-order valence-corrected chi connectivity index (χ1v) is 10.7. The van der Waals surface area contributed by atoms with Crippen molar-refractivity contribution >= 4 is 38.5 Å². The van der Waals surface area contributed by atoms with Crippen LogP contribution in [0.5, 0.6) is 11.5 Å². The van der Waals surface area contributed by atoms with Crippen LogP contribution in [0.4, 0.5) is 5.13 Å². The normalized spacial score (nSPS) is 17.5. The van der Waals surface area contributed by atoms with Crippen LogP contribution in [0.3, 0.4) is 0 Å². The number of thiazole rings is 1. The monoisotopic (exact) mass is 423 g/mol. The van der Waals surface area contributed by atoms with Crippen LogP contribution in [0.2, 0.25) is 0 Å². The molecule has 0 fully saturated rings. The Morgan fingerprint density at radius 2 is 1.97 bits per heavy atom. The predicted molar refractivity (Wildman–Crippen MR) is 114 cm³/mol. The van der Waals surface area contributed by atoms with E-state index in [0.29, 0.717) is 36.4 Å². The molecule has 7 nitrogen and oxygen atoms in total. The number of hydrogen-bond acceptors (Lipinski definition) is 6. The highest BCUT2D eigenvalue weighted by Crippen LogP contribution is 2.38. The number of ether oxygens (including phenoxy) is 2. The minimum atomic E-state index is -0.268. The molecule has 154 valence electrons. The minimum absolute atomic E-state index is 0.0205. The van der Waals surface area contributed by atoms with Crippen LogP contribution in [-0.2, 0) is 16.0 Å². The second kappa shape index (κ2) is 7.60. The van der Waals surface area contributed by atoms with E-state index in [1.165, 1.54) is 16.9 Å². The lowest BCUT2D eigenvalue weighted by atomic mass is 9.90. The zero-order valence-electron chi connectivity index (χ0n) is 16.5. The molecule has 0 saturated carbocycles. The van der Waals surface area contributed by atoms with E-state index in [1.807, 2.05) is 30.3 Å². The van der Waals surface area contributed by atoms with Gasteiger partial charge in [-0.2, -0.15) is 0 Å². The maximum Gasteiger partial charge on any atom is 0.228 e. The number of hydrogen-bond donors (Lipinski definition) is 1. The van der Waals surface area contributed by atoms with Gasteiger partial charge in [-0.3, -0.25) is 9.59 Å². The SMILES string of the molecule is CC(=O)N1CCc2ccccc2C1CC(=O)Nc1nc2cc3c(cc2s1)OCCO3. The summed E-state index contributed by atoms with van der Waals surface area (Å²) in [6.45, 7) is 3.22. The molecular formula is C22H21N3O4S. The molecule has 3 heterocycles. The summed E-state index contributed by atoms with van der Waals surface area (Å²) in [5, 5.41) is 3.43. The standard InChI is InChI=1S/C22H21N3O4S/c1-13(26)25-7-6-14-4-2-3-5-15(14)17(25)11-21(27)24-22-23-16-10-18-19(12-20(16)30-22)29-9-8-28-18/h2-5,10,12,17H,6-9,11H2,1H3,(H,23,24,27). The van der Waals surface area contributed by atoms with Crippen LogP contribution < -0.4 is 14.8 Å². The largest absolute Gasteiger partial charge is 0.486 e. The highest BCUT2D eigenvalue weighted by molar-refractivity contribution is 7.22. The van der Waals surface area contributed by atoms with Gasteiger partial charge in [0.2, 0.25) is 11.8 Å². The van der Waals surface area contributed by atoms with Gasteiger partial charge in [-0.1, -0.05) is 35.6 Å². The summed E-state index contributed by atoms with van der Waals surface area (Å²) < 4.78 is 12.1. The average Bonchev–Trinajstić information content (AvgIpc) is 3.12. The summed E-state index contributed by atoms with van der Waals surface area (Å²) in [4.78, 5) is 31.3. The molecule has 0 saturated heterocycles. The number of amides is 2. The maximum atomic E-state index is 12.9. The summed E-state index contributed by atoms with van der Waals surface area (Å²) in [6.07, 6.45) is 0.996. The molecule has 1 atom stereocenters. The molecule has 8 heteroatoms. The highest BCUT2D eigenvalue weighted by atomic mass is 32.1. The lowest BCUT2D eigenvalue weighted by molar-refractivity contribution is -0.132. The quantitative estimate of drug-likeness (QED) is 0.697. The van der Waals surface area contributed by atoms with E-state index >= 15 is 0 Å². The van der Waals surface area contributed by atoms with E-state index < -0.39 is 0 Å². The number of fused-ring (bicyclic) bond motifs is 3. The van der Waals surface area contributed by atoms with Crippen molar-refractivity contribution in [3.63, 3.8) is 0 Å². The maximum absolute atomic E-state index is 12.9. The molecule has 2 aromatic carbocycles. The Bertz CT molecular complexity index is 1100. The second-order valence-electron chi connectivity index (χ2n) is 7.41. The lowest BCUT2D eigenvalue weighted by Crippen LogP contribution is -2.40. The zero-order chi connectivity index (χ0) is 20.7. The topological polar surface area (TPSA) is 80.8 Å². The van der Waals surface area contributed by atoms with E-state index in [4.69, 9.17) is 9.47 Å². The molecule has 3 aromatic rings. The fraction of sp³-hybridized carbons (Fsp3) is 0.318. The van der Waals surface area contributed by atoms with Crippen molar-refractivity contribution in [2.45, 2.75) is 25.8 Å². The lowest BCUT2D eigenvalue weighted by Gasteiger charge is -2.36. The molecule has 5 rings (SSSR count). The van der Waals surface area contributed by atoms with E-state index in [-0.39, 0.29) is 24.3 Å². The van der Waals surface area contributed by atoms with Crippen LogP contribution in [-0.4, -0.2) is 41.5 Å². The summed E-state index contributed by atoms with van der Waals surface area (Å²) >= 11 is 1.39. The predicted octanol–water partition coefficient (Wildman–Crippen LogP) is 3.54. The summed E-state index contributed by atoms with van der Waals surface area (Å²) in [7, 11) is 0. The van der Waals surface area contributed by atoms with Gasteiger partial charge in [-0.25, -0.2) is 4.98 Å². The molecule has 0 bridgehead atoms. The smallest absolute Gasteiger partial charge is 0.228 e. The van der Waals surface area contributed by atoms with Crippen LogP contribution in [0, 0.1) is 0 Å². The number of carbonyl (C=O) groups is 2. The molecule has 1 unspecified atom stereocenters. The van der Waals surface area contributed by atoms with Crippen molar-refractivity contribution in [3.8, 4) is 11.5 Å². The number of nitrogens with one attached hydrogen (secondary N) is 1. The zero-order valence-corrected chi connectivity index (χ0v) is 17.3. The number of rotatable bonds is 3. The van der Waals surface area contributed by atoms with Gasteiger partial charge in [0.25, 0.3) is 0 Å². The second-order valence-corrected chi connectivity index (χ2v) is 8.44. The van der Waals surface area contributed by atoms with Crippen molar-refractivity contribution in [2.24, 2.45) is 0 Å². The van der Waals surface area contributed by atoms with Gasteiger partial charge in [0.05, 0.1) is 22.7 Å². The van der Waals surface area contributed by atoms with E-state index in [2.05, 4.69) is 16.4 Å². The van der Waals surface area contributed by atoms with Crippen LogP contribution in [0.25, 0.3) is 10.2 Å². The minimum Gasteiger partial charge on any atom is -0.486 e. The van der Waals surface area contributed by atoms with Gasteiger partial charge in [-0.15, -0.1) is 0 Å². The van der Waals surface area contributed by atoms with Gasteiger partial charge in [0, 0.05) is 25.6 Å². The van der Waals surface area contributed by atoms with Gasteiger partial charge in [-0.05, 0) is 17.5 Å². The number of benzene rings is 2. The molecule has 0 radical (unpaired) electrons. The Hall–Kier alpha value is -3.13. The van der Waals surface area contributed by atoms with Crippen molar-refractivity contribution in [1.82, 2.24) is 9.88 Å². The molecule has 0 spiro atoms. The van der Waals surface area contributed by atoms with Crippen molar-refractivity contribution in [2.75, 3.05) is 25.1 Å². The van der Waals surface area contributed by atoms with Crippen LogP contribution in [0.1, 0.15) is 30.5 Å². The Kier molecular flexibility index (Phi) is 4.78. The van der Waals surface area contributed by atoms with E-state index in [1.54, 1.807) is 11.8 Å². The van der Waals surface area contributed by atoms with Gasteiger partial charge < -0.3 is 19.7 Å². The van der Waals surface area contributed by atoms with Gasteiger partial charge in [0.1, 0.15) is 13.2 Å². The number of aromatic nitrogens is 1. The van der Waals surface area contributed by atoms with E-state index in [0.717, 1.165) is 22.2 Å². The van der Waals surface area contributed by atoms with Crippen LogP contribution >= 0.6 is 11.3 Å². The van der Waals surface area contributed by atoms with Gasteiger partial charge >= 0.3 is 0 Å². The Labute approximate surface area is 177 Å². The third-order valence-electron chi connectivity index (χ3n) is 5.49. The molecule has 0 aliphatic carbocycles. The number of nitrogens with zero attached hydrogens (tertiary/aromatic N) is 2. The first-order valence-electron chi connectivity index (χ1n) is 9.93. The molecule has 2 aliphatic heterocycles. The van der Waals surface area contributed by atoms with E-state index in [9.17, 15) is 9.59 Å². The Balaban J connectivity index is 1.37. The highest BCUT2D eigenvalue weighted by Gasteiger charge is 2.30. The van der Waals surface area contributed by atoms with Gasteiger partial charge in [0.15, 0.2) is 16.6 Å². The molecule has 2 amide bonds. The first kappa shape index (κ1) is 18.9. The Morgan fingerprint density at radius 3 is 2.77 bits per heavy atom. The fourth-order valence-electron chi connectivity index (χ4n) is 4.11. The van der Waals surface area contributed by atoms with Crippen molar-refractivity contribution in [1.29, 1.82) is 0 Å². The summed E-state index contributed by atoms with van der Waals surface area (Å²) in [5.74, 6) is 1.19.